The highest BCUT2D eigenvalue weighted by Crippen LogP contribution is 2.35. The Kier molecular flexibility index (Phi) is 3.24. The average Bonchev–Trinajstić information content (AvgIpc) is 3.05. The van der Waals surface area contributed by atoms with E-state index in [2.05, 4.69) is 10.2 Å². The average molecular weight is 276 g/mol. The van der Waals surface area contributed by atoms with E-state index in [4.69, 9.17) is 19.0 Å². The van der Waals surface area contributed by atoms with E-state index < -0.39 is 5.97 Å². The van der Waals surface area contributed by atoms with Gasteiger partial charge in [-0.25, -0.2) is 0 Å². The molecule has 1 aliphatic heterocycles. The molecule has 0 atom stereocenters. The predicted octanol–water partition coefficient (Wildman–Crippen LogP) is 1.87. The van der Waals surface area contributed by atoms with E-state index in [0.717, 1.165) is 5.56 Å². The van der Waals surface area contributed by atoms with Gasteiger partial charge in [0, 0.05) is 18.4 Å². The standard InChI is InChI=1S/C13H12N2O5/c16-12(17)3-1-2-11-14-15-13(20-11)8-4-5-9-10(6-8)19-7-18-9/h4-6H,1-3,7H2,(H,16,17). The molecule has 0 radical (unpaired) electrons. The van der Waals surface area contributed by atoms with Crippen LogP contribution in [0.5, 0.6) is 11.5 Å². The summed E-state index contributed by atoms with van der Waals surface area (Å²) in [5.74, 6) is 1.32. The Morgan fingerprint density at radius 2 is 2.10 bits per heavy atom. The van der Waals surface area contributed by atoms with Crippen LogP contribution in [-0.2, 0) is 11.2 Å². The van der Waals surface area contributed by atoms with Gasteiger partial charge in [-0.05, 0) is 24.6 Å². The van der Waals surface area contributed by atoms with Crippen molar-refractivity contribution in [1.82, 2.24) is 10.2 Å². The lowest BCUT2D eigenvalue weighted by atomic mass is 10.2. The van der Waals surface area contributed by atoms with Gasteiger partial charge in [-0.2, -0.15) is 0 Å². The molecular formula is C13H12N2O5. The minimum absolute atomic E-state index is 0.0851. The highest BCUT2D eigenvalue weighted by molar-refractivity contribution is 5.66. The number of hydrogen-bond donors (Lipinski definition) is 1. The van der Waals surface area contributed by atoms with Crippen LogP contribution in [0, 0.1) is 0 Å². The summed E-state index contributed by atoms with van der Waals surface area (Å²) in [6.07, 6.45) is 1.00. The number of carbonyl (C=O) groups is 1. The monoisotopic (exact) mass is 276 g/mol. The van der Waals surface area contributed by atoms with Crippen LogP contribution in [0.4, 0.5) is 0 Å². The van der Waals surface area contributed by atoms with Gasteiger partial charge in [0.2, 0.25) is 18.6 Å². The first-order chi connectivity index (χ1) is 9.72. The molecule has 20 heavy (non-hydrogen) atoms. The summed E-state index contributed by atoms with van der Waals surface area (Å²) in [7, 11) is 0. The number of aliphatic carboxylic acids is 1. The van der Waals surface area contributed by atoms with Crippen molar-refractivity contribution in [1.29, 1.82) is 0 Å². The molecule has 1 aromatic carbocycles. The second-order valence-electron chi connectivity index (χ2n) is 4.32. The van der Waals surface area contributed by atoms with Crippen molar-refractivity contribution >= 4 is 5.97 Å². The summed E-state index contributed by atoms with van der Waals surface area (Å²) in [4.78, 5) is 10.4. The molecule has 104 valence electrons. The van der Waals surface area contributed by atoms with Crippen molar-refractivity contribution in [2.24, 2.45) is 0 Å². The maximum atomic E-state index is 10.4. The van der Waals surface area contributed by atoms with Gasteiger partial charge in [-0.1, -0.05) is 0 Å². The van der Waals surface area contributed by atoms with Gasteiger partial charge in [0.15, 0.2) is 11.5 Å². The maximum Gasteiger partial charge on any atom is 0.303 e. The zero-order valence-electron chi connectivity index (χ0n) is 10.5. The number of aromatic nitrogens is 2. The van der Waals surface area contributed by atoms with E-state index in [0.29, 0.717) is 36.1 Å². The summed E-state index contributed by atoms with van der Waals surface area (Å²) in [5.41, 5.74) is 0.742. The minimum atomic E-state index is -0.833. The number of carboxylic acid groups (broad SMARTS) is 1. The fraction of sp³-hybridized carbons (Fsp3) is 0.308. The number of benzene rings is 1. The SMILES string of the molecule is O=C(O)CCCc1nnc(-c2ccc3c(c2)OCO3)o1. The van der Waals surface area contributed by atoms with E-state index >= 15 is 0 Å². The van der Waals surface area contributed by atoms with Crippen LogP contribution in [0.3, 0.4) is 0 Å². The van der Waals surface area contributed by atoms with Crippen molar-refractivity contribution in [3.8, 4) is 23.0 Å². The third-order valence-corrected chi connectivity index (χ3v) is 2.87. The van der Waals surface area contributed by atoms with Gasteiger partial charge < -0.3 is 19.0 Å². The third kappa shape index (κ3) is 2.56. The zero-order chi connectivity index (χ0) is 13.9. The second kappa shape index (κ2) is 5.20. The molecule has 0 spiro atoms. The van der Waals surface area contributed by atoms with Crippen molar-refractivity contribution < 1.29 is 23.8 Å². The molecule has 7 heteroatoms. The highest BCUT2D eigenvalue weighted by atomic mass is 16.7. The summed E-state index contributed by atoms with van der Waals surface area (Å²) in [5, 5.41) is 16.4. The molecule has 0 saturated heterocycles. The largest absolute Gasteiger partial charge is 0.481 e. The van der Waals surface area contributed by atoms with Crippen molar-refractivity contribution in [3.05, 3.63) is 24.1 Å². The van der Waals surface area contributed by atoms with E-state index in [1.165, 1.54) is 0 Å². The summed E-state index contributed by atoms with van der Waals surface area (Å²) in [6.45, 7) is 0.211. The normalized spacial score (nSPS) is 12.6. The van der Waals surface area contributed by atoms with Crippen molar-refractivity contribution in [2.75, 3.05) is 6.79 Å². The molecule has 1 N–H and O–H groups in total. The molecule has 0 aliphatic carbocycles. The van der Waals surface area contributed by atoms with Gasteiger partial charge in [-0.15, -0.1) is 10.2 Å². The van der Waals surface area contributed by atoms with Gasteiger partial charge >= 0.3 is 5.97 Å². The van der Waals surface area contributed by atoms with E-state index in [-0.39, 0.29) is 13.2 Å². The lowest BCUT2D eigenvalue weighted by molar-refractivity contribution is -0.137. The number of hydrogen-bond acceptors (Lipinski definition) is 6. The minimum Gasteiger partial charge on any atom is -0.481 e. The first kappa shape index (κ1) is 12.5. The molecule has 3 rings (SSSR count). The van der Waals surface area contributed by atoms with Gasteiger partial charge in [0.1, 0.15) is 0 Å². The van der Waals surface area contributed by atoms with Crippen LogP contribution in [-0.4, -0.2) is 28.1 Å². The molecule has 1 aliphatic rings. The molecule has 7 nitrogen and oxygen atoms in total. The predicted molar refractivity (Wildman–Crippen MR) is 66.4 cm³/mol. The maximum absolute atomic E-state index is 10.4. The molecule has 1 aromatic heterocycles. The quantitative estimate of drug-likeness (QED) is 0.890. The van der Waals surface area contributed by atoms with Gasteiger partial charge in [0.25, 0.3) is 0 Å². The Labute approximate surface area is 114 Å². The second-order valence-corrected chi connectivity index (χ2v) is 4.32. The third-order valence-electron chi connectivity index (χ3n) is 2.87. The molecule has 0 saturated carbocycles. The Morgan fingerprint density at radius 3 is 2.95 bits per heavy atom. The number of ether oxygens (including phenoxy) is 2. The molecule has 0 bridgehead atoms. The molecule has 0 amide bonds. The van der Waals surface area contributed by atoms with Crippen molar-refractivity contribution in [3.63, 3.8) is 0 Å². The van der Waals surface area contributed by atoms with Crippen LogP contribution >= 0.6 is 0 Å². The Hall–Kier alpha value is -2.57. The fourth-order valence-corrected chi connectivity index (χ4v) is 1.89. The van der Waals surface area contributed by atoms with E-state index in [9.17, 15) is 4.79 Å². The fourth-order valence-electron chi connectivity index (χ4n) is 1.89. The molecule has 2 heterocycles. The first-order valence-electron chi connectivity index (χ1n) is 6.16. The van der Waals surface area contributed by atoms with Crippen molar-refractivity contribution in [2.45, 2.75) is 19.3 Å². The topological polar surface area (TPSA) is 94.7 Å². The number of rotatable bonds is 5. The Morgan fingerprint density at radius 1 is 1.25 bits per heavy atom. The van der Waals surface area contributed by atoms with Crippen LogP contribution in [0.1, 0.15) is 18.7 Å². The summed E-state index contributed by atoms with van der Waals surface area (Å²) < 4.78 is 16.0. The number of nitrogens with zero attached hydrogens (tertiary/aromatic N) is 2. The lowest BCUT2D eigenvalue weighted by Crippen LogP contribution is -1.95. The zero-order valence-corrected chi connectivity index (χ0v) is 10.5. The summed E-state index contributed by atoms with van der Waals surface area (Å²) >= 11 is 0. The Balaban J connectivity index is 1.71. The molecular weight excluding hydrogens is 264 g/mol. The van der Waals surface area contributed by atoms with Crippen LogP contribution in [0.25, 0.3) is 11.5 Å². The van der Waals surface area contributed by atoms with Crippen LogP contribution in [0.2, 0.25) is 0 Å². The molecule has 0 unspecified atom stereocenters. The number of fused-ring (bicyclic) bond motifs is 1. The van der Waals surface area contributed by atoms with E-state index in [1.807, 2.05) is 6.07 Å². The lowest BCUT2D eigenvalue weighted by Gasteiger charge is -1.98. The van der Waals surface area contributed by atoms with Gasteiger partial charge in [0.05, 0.1) is 0 Å². The van der Waals surface area contributed by atoms with E-state index in [1.54, 1.807) is 12.1 Å². The first-order valence-corrected chi connectivity index (χ1v) is 6.16. The van der Waals surface area contributed by atoms with Gasteiger partial charge in [-0.3, -0.25) is 4.79 Å². The highest BCUT2D eigenvalue weighted by Gasteiger charge is 2.16. The molecule has 0 fully saturated rings. The number of aryl methyl sites for hydroxylation is 1. The Bertz CT molecular complexity index is 637. The molecule has 2 aromatic rings. The van der Waals surface area contributed by atoms with Crippen LogP contribution < -0.4 is 9.47 Å². The summed E-state index contributed by atoms with van der Waals surface area (Å²) in [6, 6.07) is 5.37. The number of carboxylic acids is 1. The van der Waals surface area contributed by atoms with Crippen LogP contribution in [0.15, 0.2) is 22.6 Å². The smallest absolute Gasteiger partial charge is 0.303 e.